The highest BCUT2D eigenvalue weighted by Gasteiger charge is 2.26. The van der Waals surface area contributed by atoms with Gasteiger partial charge in [0.05, 0.1) is 17.9 Å². The SMILES string of the molecule is Cc1cc2c(CC(=O)O)cccc2n1C(=O)C1C=CC(OC[C@@H]2COc3c(F)cccc3O2)=CC1. The summed E-state index contributed by atoms with van der Waals surface area (Å²) in [7, 11) is 0. The molecule has 7 nitrogen and oxygen atoms in total. The second-order valence-corrected chi connectivity index (χ2v) is 8.62. The fraction of sp³-hybridized carbons (Fsp3) is 0.259. The van der Waals surface area contributed by atoms with Gasteiger partial charge in [-0.2, -0.15) is 0 Å². The molecule has 1 aliphatic heterocycles. The molecule has 1 aromatic heterocycles. The van der Waals surface area contributed by atoms with Crippen molar-refractivity contribution < 1.29 is 33.3 Å². The third-order valence-corrected chi connectivity index (χ3v) is 6.14. The predicted octanol–water partition coefficient (Wildman–Crippen LogP) is 4.67. The minimum absolute atomic E-state index is 0.0841. The van der Waals surface area contributed by atoms with Crippen LogP contribution in [0.15, 0.2) is 66.5 Å². The molecule has 3 aromatic rings. The number of aromatic nitrogens is 1. The highest BCUT2D eigenvalue weighted by molar-refractivity contribution is 5.97. The van der Waals surface area contributed by atoms with Gasteiger partial charge in [-0.1, -0.05) is 24.3 Å². The Hall–Kier alpha value is -4.07. The topological polar surface area (TPSA) is 87.0 Å². The summed E-state index contributed by atoms with van der Waals surface area (Å²) in [6.07, 6.45) is 5.42. The van der Waals surface area contributed by atoms with Gasteiger partial charge in [-0.15, -0.1) is 0 Å². The fourth-order valence-corrected chi connectivity index (χ4v) is 4.47. The molecular formula is C27H24FNO6. The Bertz CT molecular complexity index is 1370. The number of carbonyl (C=O) groups excluding carboxylic acids is 1. The number of allylic oxidation sites excluding steroid dienone is 3. The molecule has 2 heterocycles. The van der Waals surface area contributed by atoms with E-state index in [1.54, 1.807) is 34.9 Å². The Kier molecular flexibility index (Phi) is 6.03. The van der Waals surface area contributed by atoms with E-state index in [4.69, 9.17) is 14.2 Å². The Balaban J connectivity index is 1.23. The summed E-state index contributed by atoms with van der Waals surface area (Å²) in [6, 6.07) is 11.8. The maximum Gasteiger partial charge on any atom is 0.307 e. The Labute approximate surface area is 201 Å². The quantitative estimate of drug-likeness (QED) is 0.555. The Morgan fingerprint density at radius 3 is 2.83 bits per heavy atom. The highest BCUT2D eigenvalue weighted by atomic mass is 19.1. The number of benzene rings is 2. The van der Waals surface area contributed by atoms with Crippen LogP contribution in [0, 0.1) is 18.7 Å². The maximum atomic E-state index is 13.8. The molecule has 8 heteroatoms. The molecule has 35 heavy (non-hydrogen) atoms. The third-order valence-electron chi connectivity index (χ3n) is 6.14. The number of hydrogen-bond acceptors (Lipinski definition) is 5. The standard InChI is InChI=1S/C27H24FNO6/c1-16-12-21-18(13-25(30)31)4-2-6-23(21)29(16)27(32)17-8-10-19(11-9-17)33-14-20-15-34-26-22(28)5-3-7-24(26)35-20/h2-8,10-12,17,20H,9,13-15H2,1H3,(H,30,31)/t17?,20-/m1/s1. The van der Waals surface area contributed by atoms with E-state index in [2.05, 4.69) is 0 Å². The number of rotatable bonds is 6. The lowest BCUT2D eigenvalue weighted by Crippen LogP contribution is -2.33. The number of carboxylic acids is 1. The Morgan fingerprint density at radius 2 is 2.06 bits per heavy atom. The molecule has 180 valence electrons. The summed E-state index contributed by atoms with van der Waals surface area (Å²) >= 11 is 0. The van der Waals surface area contributed by atoms with Crippen molar-refractivity contribution in [3.63, 3.8) is 0 Å². The molecule has 2 atom stereocenters. The summed E-state index contributed by atoms with van der Waals surface area (Å²) < 4.78 is 32.5. The molecule has 0 radical (unpaired) electrons. The molecule has 5 rings (SSSR count). The van der Waals surface area contributed by atoms with E-state index in [1.807, 2.05) is 31.2 Å². The lowest BCUT2D eigenvalue weighted by molar-refractivity contribution is -0.136. The van der Waals surface area contributed by atoms with E-state index in [0.717, 1.165) is 11.1 Å². The number of hydrogen-bond donors (Lipinski definition) is 1. The van der Waals surface area contributed by atoms with Gasteiger partial charge in [0, 0.05) is 11.1 Å². The summed E-state index contributed by atoms with van der Waals surface area (Å²) in [5, 5.41) is 9.96. The van der Waals surface area contributed by atoms with Crippen molar-refractivity contribution in [3.8, 4) is 11.5 Å². The van der Waals surface area contributed by atoms with Crippen LogP contribution in [0.4, 0.5) is 4.39 Å². The number of carboxylic acid groups (broad SMARTS) is 1. The van der Waals surface area contributed by atoms with E-state index in [-0.39, 0.29) is 43.3 Å². The van der Waals surface area contributed by atoms with Crippen molar-refractivity contribution in [2.24, 2.45) is 5.92 Å². The lowest BCUT2D eigenvalue weighted by atomic mass is 9.99. The minimum atomic E-state index is -0.913. The summed E-state index contributed by atoms with van der Waals surface area (Å²) in [5.74, 6) is -0.735. The number of nitrogens with zero attached hydrogens (tertiary/aromatic N) is 1. The van der Waals surface area contributed by atoms with Gasteiger partial charge in [0.15, 0.2) is 23.4 Å². The van der Waals surface area contributed by atoms with E-state index < -0.39 is 11.8 Å². The van der Waals surface area contributed by atoms with E-state index in [9.17, 15) is 19.1 Å². The first kappa shape index (κ1) is 22.7. The summed E-state index contributed by atoms with van der Waals surface area (Å²) in [6.45, 7) is 2.24. The number of fused-ring (bicyclic) bond motifs is 2. The third kappa shape index (κ3) is 4.51. The summed E-state index contributed by atoms with van der Waals surface area (Å²) in [4.78, 5) is 24.6. The second-order valence-electron chi connectivity index (χ2n) is 8.62. The van der Waals surface area contributed by atoms with Crippen LogP contribution in [-0.2, 0) is 16.0 Å². The van der Waals surface area contributed by atoms with Crippen molar-refractivity contribution in [2.45, 2.75) is 25.9 Å². The van der Waals surface area contributed by atoms with Gasteiger partial charge < -0.3 is 19.3 Å². The summed E-state index contributed by atoms with van der Waals surface area (Å²) in [5.41, 5.74) is 2.14. The smallest absolute Gasteiger partial charge is 0.307 e. The highest BCUT2D eigenvalue weighted by Crippen LogP contribution is 2.34. The number of aryl methyl sites for hydroxylation is 1. The number of ether oxygens (including phenoxy) is 3. The molecule has 0 bridgehead atoms. The van der Waals surface area contributed by atoms with Gasteiger partial charge in [0.1, 0.15) is 19.0 Å². The molecule has 0 amide bonds. The first-order valence-corrected chi connectivity index (χ1v) is 11.4. The molecule has 2 aliphatic rings. The predicted molar refractivity (Wildman–Crippen MR) is 126 cm³/mol. The average Bonchev–Trinajstić information content (AvgIpc) is 3.19. The van der Waals surface area contributed by atoms with Crippen LogP contribution in [0.25, 0.3) is 10.9 Å². The van der Waals surface area contributed by atoms with Crippen molar-refractivity contribution in [2.75, 3.05) is 13.2 Å². The van der Waals surface area contributed by atoms with Crippen molar-refractivity contribution in [1.29, 1.82) is 0 Å². The van der Waals surface area contributed by atoms with Crippen LogP contribution in [0.3, 0.4) is 0 Å². The van der Waals surface area contributed by atoms with Crippen LogP contribution < -0.4 is 9.47 Å². The van der Waals surface area contributed by atoms with Gasteiger partial charge in [-0.25, -0.2) is 4.39 Å². The number of halogens is 1. The second kappa shape index (κ2) is 9.29. The van der Waals surface area contributed by atoms with Crippen molar-refractivity contribution in [1.82, 2.24) is 4.57 Å². The molecule has 0 saturated heterocycles. The minimum Gasteiger partial charge on any atom is -0.490 e. The molecule has 1 aliphatic carbocycles. The number of para-hydroxylation sites is 1. The zero-order valence-corrected chi connectivity index (χ0v) is 19.1. The van der Waals surface area contributed by atoms with Crippen LogP contribution in [-0.4, -0.2) is 40.9 Å². The van der Waals surface area contributed by atoms with E-state index >= 15 is 0 Å². The molecule has 0 spiro atoms. The lowest BCUT2D eigenvalue weighted by Gasteiger charge is -2.27. The van der Waals surface area contributed by atoms with Crippen LogP contribution in [0.2, 0.25) is 0 Å². The first-order chi connectivity index (χ1) is 16.9. The average molecular weight is 477 g/mol. The molecule has 1 N–H and O–H groups in total. The fourth-order valence-electron chi connectivity index (χ4n) is 4.47. The van der Waals surface area contributed by atoms with Crippen LogP contribution in [0.5, 0.6) is 11.5 Å². The molecule has 0 saturated carbocycles. The Morgan fingerprint density at radius 1 is 1.23 bits per heavy atom. The van der Waals surface area contributed by atoms with E-state index in [1.165, 1.54) is 6.07 Å². The first-order valence-electron chi connectivity index (χ1n) is 11.4. The van der Waals surface area contributed by atoms with Gasteiger partial charge >= 0.3 is 5.97 Å². The largest absolute Gasteiger partial charge is 0.490 e. The molecular weight excluding hydrogens is 453 g/mol. The van der Waals surface area contributed by atoms with Gasteiger partial charge in [0.25, 0.3) is 0 Å². The van der Waals surface area contributed by atoms with Gasteiger partial charge in [-0.05, 0) is 55.3 Å². The van der Waals surface area contributed by atoms with Crippen LogP contribution >= 0.6 is 0 Å². The van der Waals surface area contributed by atoms with Gasteiger partial charge in [0.2, 0.25) is 5.91 Å². The van der Waals surface area contributed by atoms with Gasteiger partial charge in [-0.3, -0.25) is 14.2 Å². The maximum absolute atomic E-state index is 13.8. The zero-order chi connectivity index (χ0) is 24.5. The normalized spacial score (nSPS) is 18.9. The van der Waals surface area contributed by atoms with Crippen LogP contribution in [0.1, 0.15) is 22.5 Å². The van der Waals surface area contributed by atoms with Crippen molar-refractivity contribution in [3.05, 3.63) is 83.5 Å². The molecule has 1 unspecified atom stereocenters. The van der Waals surface area contributed by atoms with Crippen molar-refractivity contribution >= 4 is 22.8 Å². The van der Waals surface area contributed by atoms with E-state index in [0.29, 0.717) is 29.0 Å². The molecule has 0 fully saturated rings. The molecule has 2 aromatic carbocycles. The number of carbonyl (C=O) groups is 2. The zero-order valence-electron chi connectivity index (χ0n) is 19.1. The monoisotopic (exact) mass is 477 g/mol. The number of aliphatic carboxylic acids is 1.